The van der Waals surface area contributed by atoms with Crippen LogP contribution in [0.4, 0.5) is 0 Å². The second-order valence-electron chi connectivity index (χ2n) is 3.21. The lowest BCUT2D eigenvalue weighted by atomic mass is 10.3. The first-order valence-corrected chi connectivity index (χ1v) is 6.80. The van der Waals surface area contributed by atoms with E-state index in [1.807, 2.05) is 13.0 Å². The van der Waals surface area contributed by atoms with E-state index in [-0.39, 0.29) is 16.9 Å². The van der Waals surface area contributed by atoms with Gasteiger partial charge < -0.3 is 5.32 Å². The Bertz CT molecular complexity index is 320. The van der Waals surface area contributed by atoms with Gasteiger partial charge in [0.15, 0.2) is 0 Å². The molecule has 0 radical (unpaired) electrons. The smallest absolute Gasteiger partial charge is 0.264 e. The maximum Gasteiger partial charge on any atom is 0.264 e. The van der Waals surface area contributed by atoms with E-state index in [1.54, 1.807) is 23.5 Å². The molecule has 0 saturated heterocycles. The molecule has 82 valence electrons. The molecule has 5 heteroatoms. The fourth-order valence-corrected chi connectivity index (χ4v) is 3.71. The van der Waals surface area contributed by atoms with Gasteiger partial charge in [-0.2, -0.15) is 5.26 Å². The van der Waals surface area contributed by atoms with Crippen LogP contribution in [-0.2, 0) is 4.79 Å². The van der Waals surface area contributed by atoms with Gasteiger partial charge in [-0.1, -0.05) is 25.1 Å². The van der Waals surface area contributed by atoms with E-state index >= 15 is 0 Å². The minimum absolute atomic E-state index is 0.0683. The lowest BCUT2D eigenvalue weighted by molar-refractivity contribution is -0.117. The van der Waals surface area contributed by atoms with Crippen molar-refractivity contribution in [2.45, 2.75) is 32.1 Å². The molecular formula is C10H14N2OS2. The van der Waals surface area contributed by atoms with E-state index in [0.717, 1.165) is 22.8 Å². The predicted octanol–water partition coefficient (Wildman–Crippen LogP) is 2.46. The second-order valence-corrected chi connectivity index (χ2v) is 5.92. The van der Waals surface area contributed by atoms with Gasteiger partial charge in [-0.25, -0.2) is 0 Å². The summed E-state index contributed by atoms with van der Waals surface area (Å²) in [4.78, 5) is 11.5. The molecule has 0 aliphatic carbocycles. The number of unbranched alkanes of at least 4 members (excludes halogenated alkanes) is 1. The van der Waals surface area contributed by atoms with Crippen LogP contribution in [0, 0.1) is 11.3 Å². The lowest BCUT2D eigenvalue weighted by Crippen LogP contribution is -2.34. The molecule has 3 nitrogen and oxygen atoms in total. The van der Waals surface area contributed by atoms with Gasteiger partial charge in [0.05, 0.1) is 9.61 Å². The van der Waals surface area contributed by atoms with E-state index < -0.39 is 0 Å². The van der Waals surface area contributed by atoms with Gasteiger partial charge in [-0.15, -0.1) is 11.8 Å². The molecule has 1 amide bonds. The Morgan fingerprint density at radius 2 is 2.40 bits per heavy atom. The topological polar surface area (TPSA) is 52.9 Å². The molecule has 0 aromatic heterocycles. The summed E-state index contributed by atoms with van der Waals surface area (Å²) in [7, 11) is 0. The van der Waals surface area contributed by atoms with Crippen molar-refractivity contribution in [3.05, 3.63) is 9.81 Å². The van der Waals surface area contributed by atoms with Gasteiger partial charge in [0.1, 0.15) is 11.6 Å². The number of carbonyl (C=O) groups is 1. The van der Waals surface area contributed by atoms with Gasteiger partial charge in [0.25, 0.3) is 5.91 Å². The zero-order valence-electron chi connectivity index (χ0n) is 8.87. The molecule has 1 atom stereocenters. The molecule has 1 aliphatic heterocycles. The third kappa shape index (κ3) is 3.47. The molecule has 0 bridgehead atoms. The van der Waals surface area contributed by atoms with Crippen molar-refractivity contribution < 1.29 is 4.79 Å². The fraction of sp³-hybridized carbons (Fsp3) is 0.600. The molecule has 0 aromatic carbocycles. The van der Waals surface area contributed by atoms with Crippen molar-refractivity contribution in [2.24, 2.45) is 0 Å². The third-order valence-corrected chi connectivity index (χ3v) is 4.38. The summed E-state index contributed by atoms with van der Waals surface area (Å²) in [6, 6.07) is 1.98. The van der Waals surface area contributed by atoms with Crippen LogP contribution in [0.3, 0.4) is 0 Å². The molecular weight excluding hydrogens is 228 g/mol. The number of rotatable bonds is 4. The molecule has 0 saturated carbocycles. The summed E-state index contributed by atoms with van der Waals surface area (Å²) in [6.07, 6.45) is 2.25. The van der Waals surface area contributed by atoms with Crippen molar-refractivity contribution in [1.29, 1.82) is 5.26 Å². The van der Waals surface area contributed by atoms with E-state index in [0.29, 0.717) is 0 Å². The Morgan fingerprint density at radius 3 is 3.00 bits per heavy atom. The standard InChI is InChI=1S/C10H14N2OS2/c1-3-4-5-14-10-8(6-11)9(13)12-7(2)15-10/h7H,3-5H2,1-2H3,(H,12,13)/t7-/m0/s1. The SMILES string of the molecule is CCCCSC1=C(C#N)C(=O)N[C@H](C)S1. The lowest BCUT2D eigenvalue weighted by Gasteiger charge is -2.21. The number of nitrogens with zero attached hydrogens (tertiary/aromatic N) is 1. The van der Waals surface area contributed by atoms with Crippen LogP contribution in [0.1, 0.15) is 26.7 Å². The van der Waals surface area contributed by atoms with Crippen LogP contribution in [0.15, 0.2) is 9.81 Å². The summed E-state index contributed by atoms with van der Waals surface area (Å²) in [5, 5.41) is 11.7. The van der Waals surface area contributed by atoms with E-state index in [9.17, 15) is 4.79 Å². The Morgan fingerprint density at radius 1 is 1.67 bits per heavy atom. The average molecular weight is 242 g/mol. The molecule has 1 heterocycles. The number of nitrogens with one attached hydrogen (secondary N) is 1. The highest BCUT2D eigenvalue weighted by molar-refractivity contribution is 8.22. The van der Waals surface area contributed by atoms with Crippen LogP contribution >= 0.6 is 23.5 Å². The van der Waals surface area contributed by atoms with Crippen molar-refractivity contribution in [2.75, 3.05) is 5.75 Å². The normalized spacial score (nSPS) is 21.1. The number of nitriles is 1. The average Bonchev–Trinajstić information content (AvgIpc) is 2.17. The van der Waals surface area contributed by atoms with Gasteiger partial charge in [0, 0.05) is 0 Å². The van der Waals surface area contributed by atoms with Crippen LogP contribution in [-0.4, -0.2) is 17.0 Å². The second kappa shape index (κ2) is 6.09. The van der Waals surface area contributed by atoms with Gasteiger partial charge >= 0.3 is 0 Å². The highest BCUT2D eigenvalue weighted by Gasteiger charge is 2.25. The highest BCUT2D eigenvalue weighted by atomic mass is 32.2. The van der Waals surface area contributed by atoms with Crippen LogP contribution < -0.4 is 5.32 Å². The van der Waals surface area contributed by atoms with Gasteiger partial charge in [-0.05, 0) is 19.1 Å². The predicted molar refractivity (Wildman–Crippen MR) is 65.2 cm³/mol. The number of amides is 1. The van der Waals surface area contributed by atoms with Crippen LogP contribution in [0.25, 0.3) is 0 Å². The zero-order chi connectivity index (χ0) is 11.3. The monoisotopic (exact) mass is 242 g/mol. The summed E-state index contributed by atoms with van der Waals surface area (Å²) in [5.41, 5.74) is 0.277. The fourth-order valence-electron chi connectivity index (χ4n) is 1.11. The van der Waals surface area contributed by atoms with Gasteiger partial charge in [0.2, 0.25) is 0 Å². The van der Waals surface area contributed by atoms with Crippen molar-refractivity contribution in [3.8, 4) is 6.07 Å². The molecule has 0 aromatic rings. The van der Waals surface area contributed by atoms with E-state index in [1.165, 1.54) is 0 Å². The number of hydrogen-bond donors (Lipinski definition) is 1. The zero-order valence-corrected chi connectivity index (χ0v) is 10.5. The van der Waals surface area contributed by atoms with Crippen molar-refractivity contribution >= 4 is 29.4 Å². The Kier molecular flexibility index (Phi) is 5.06. The molecule has 0 fully saturated rings. The molecule has 0 unspecified atom stereocenters. The highest BCUT2D eigenvalue weighted by Crippen LogP contribution is 2.37. The quantitative estimate of drug-likeness (QED) is 0.769. The molecule has 1 aliphatic rings. The first kappa shape index (κ1) is 12.5. The summed E-state index contributed by atoms with van der Waals surface area (Å²) in [6.45, 7) is 4.06. The van der Waals surface area contributed by atoms with Crippen LogP contribution in [0.2, 0.25) is 0 Å². The summed E-state index contributed by atoms with van der Waals surface area (Å²) in [5.74, 6) is 0.743. The molecule has 1 N–H and O–H groups in total. The maximum absolute atomic E-state index is 11.5. The summed E-state index contributed by atoms with van der Waals surface area (Å²) >= 11 is 3.18. The third-order valence-electron chi connectivity index (χ3n) is 1.89. The largest absolute Gasteiger partial charge is 0.340 e. The molecule has 15 heavy (non-hydrogen) atoms. The summed E-state index contributed by atoms with van der Waals surface area (Å²) < 4.78 is 0.877. The van der Waals surface area contributed by atoms with E-state index in [4.69, 9.17) is 5.26 Å². The van der Waals surface area contributed by atoms with Crippen molar-refractivity contribution in [3.63, 3.8) is 0 Å². The number of thioether (sulfide) groups is 2. The molecule has 1 rings (SSSR count). The maximum atomic E-state index is 11.5. The van der Waals surface area contributed by atoms with E-state index in [2.05, 4.69) is 12.2 Å². The van der Waals surface area contributed by atoms with Crippen molar-refractivity contribution in [1.82, 2.24) is 5.32 Å². The molecule has 0 spiro atoms. The first-order valence-electron chi connectivity index (χ1n) is 4.93. The first-order chi connectivity index (χ1) is 7.19. The minimum Gasteiger partial charge on any atom is -0.340 e. The number of carbonyl (C=O) groups excluding carboxylic acids is 1. The van der Waals surface area contributed by atoms with Gasteiger partial charge in [-0.3, -0.25) is 4.79 Å². The Labute approximate surface area is 98.7 Å². The Balaban J connectivity index is 2.71. The van der Waals surface area contributed by atoms with Crippen LogP contribution in [0.5, 0.6) is 0 Å². The Hall–Kier alpha value is -0.600. The number of hydrogen-bond acceptors (Lipinski definition) is 4. The minimum atomic E-state index is -0.234.